The summed E-state index contributed by atoms with van der Waals surface area (Å²) in [6, 6.07) is 5.23. The van der Waals surface area contributed by atoms with E-state index in [1.54, 1.807) is 6.07 Å². The van der Waals surface area contributed by atoms with Crippen LogP contribution in [0.25, 0.3) is 0 Å². The van der Waals surface area contributed by atoms with Gasteiger partial charge in [-0.25, -0.2) is 0 Å². The van der Waals surface area contributed by atoms with Gasteiger partial charge in [0.15, 0.2) is 0 Å². The molecule has 0 bridgehead atoms. The molecule has 1 heterocycles. The third kappa shape index (κ3) is 3.69. The average molecular weight is 298 g/mol. The van der Waals surface area contributed by atoms with Gasteiger partial charge in [-0.2, -0.15) is 0 Å². The molecule has 1 atom stereocenters. The third-order valence-electron chi connectivity index (χ3n) is 3.81. The molecule has 1 saturated heterocycles. The molecular weight excluding hydrogens is 278 g/mol. The van der Waals surface area contributed by atoms with E-state index >= 15 is 0 Å². The minimum Gasteiger partial charge on any atom is -0.315 e. The van der Waals surface area contributed by atoms with Crippen molar-refractivity contribution >= 4 is 17.3 Å². The van der Waals surface area contributed by atoms with E-state index in [4.69, 9.17) is 11.6 Å². The van der Waals surface area contributed by atoms with E-state index in [0.717, 1.165) is 31.7 Å². The lowest BCUT2D eigenvalue weighted by atomic mass is 10.0. The maximum absolute atomic E-state index is 10.7. The molecule has 1 N–H and O–H groups in total. The fourth-order valence-corrected chi connectivity index (χ4v) is 2.88. The molecular formula is C14H20ClN3O2. The van der Waals surface area contributed by atoms with Crippen molar-refractivity contribution < 1.29 is 4.92 Å². The van der Waals surface area contributed by atoms with E-state index in [1.807, 2.05) is 0 Å². The summed E-state index contributed by atoms with van der Waals surface area (Å²) in [5, 5.41) is 14.6. The number of benzene rings is 1. The molecule has 1 aliphatic rings. The molecule has 2 rings (SSSR count). The lowest BCUT2D eigenvalue weighted by molar-refractivity contribution is -0.384. The minimum atomic E-state index is -0.418. The van der Waals surface area contributed by atoms with Gasteiger partial charge in [-0.3, -0.25) is 15.0 Å². The Morgan fingerprint density at radius 1 is 1.55 bits per heavy atom. The maximum Gasteiger partial charge on any atom is 0.270 e. The van der Waals surface area contributed by atoms with Gasteiger partial charge in [0.05, 0.1) is 9.95 Å². The largest absolute Gasteiger partial charge is 0.315 e. The van der Waals surface area contributed by atoms with Gasteiger partial charge in [-0.15, -0.1) is 0 Å². The standard InChI is InChI=1S/C14H20ClN3O2/c1-2-17(13-4-3-7-16-9-13)10-11-5-6-12(18(19)20)8-14(11)15/h5-6,8,13,16H,2-4,7,9-10H2,1H3. The zero-order valence-electron chi connectivity index (χ0n) is 11.6. The van der Waals surface area contributed by atoms with Crippen molar-refractivity contribution in [3.8, 4) is 0 Å². The van der Waals surface area contributed by atoms with Crippen LogP contribution < -0.4 is 5.32 Å². The molecule has 0 aliphatic carbocycles. The van der Waals surface area contributed by atoms with Crippen LogP contribution in [0, 0.1) is 10.1 Å². The summed E-state index contributed by atoms with van der Waals surface area (Å²) >= 11 is 6.17. The molecule has 0 radical (unpaired) electrons. The Morgan fingerprint density at radius 2 is 2.35 bits per heavy atom. The summed E-state index contributed by atoms with van der Waals surface area (Å²) in [6.45, 7) is 5.90. The van der Waals surface area contributed by atoms with Crippen molar-refractivity contribution in [1.82, 2.24) is 10.2 Å². The molecule has 6 heteroatoms. The van der Waals surface area contributed by atoms with Crippen molar-refractivity contribution in [3.05, 3.63) is 38.9 Å². The molecule has 110 valence electrons. The Morgan fingerprint density at radius 3 is 2.90 bits per heavy atom. The van der Waals surface area contributed by atoms with Crippen LogP contribution in [0.5, 0.6) is 0 Å². The van der Waals surface area contributed by atoms with Gasteiger partial charge in [0, 0.05) is 31.3 Å². The molecule has 0 amide bonds. The predicted molar refractivity (Wildman–Crippen MR) is 80.1 cm³/mol. The fourth-order valence-electron chi connectivity index (χ4n) is 2.64. The maximum atomic E-state index is 10.7. The second kappa shape index (κ2) is 7.02. The highest BCUT2D eigenvalue weighted by atomic mass is 35.5. The third-order valence-corrected chi connectivity index (χ3v) is 4.17. The summed E-state index contributed by atoms with van der Waals surface area (Å²) in [5.41, 5.74) is 0.992. The summed E-state index contributed by atoms with van der Waals surface area (Å²) in [6.07, 6.45) is 2.38. The fraction of sp³-hybridized carbons (Fsp3) is 0.571. The number of likely N-dealkylation sites (N-methyl/N-ethyl adjacent to an activating group) is 1. The van der Waals surface area contributed by atoms with Gasteiger partial charge >= 0.3 is 0 Å². The van der Waals surface area contributed by atoms with Crippen molar-refractivity contribution in [2.45, 2.75) is 32.4 Å². The highest BCUT2D eigenvalue weighted by molar-refractivity contribution is 6.31. The molecule has 1 aromatic rings. The summed E-state index contributed by atoms with van der Waals surface area (Å²) in [5.74, 6) is 0. The van der Waals surface area contributed by atoms with Crippen LogP contribution in [0.3, 0.4) is 0 Å². The molecule has 0 spiro atoms. The molecule has 0 aromatic heterocycles. The summed E-state index contributed by atoms with van der Waals surface area (Å²) in [4.78, 5) is 12.7. The average Bonchev–Trinajstić information content (AvgIpc) is 2.46. The van der Waals surface area contributed by atoms with Gasteiger partial charge in [0.2, 0.25) is 0 Å². The number of halogens is 1. The summed E-state index contributed by atoms with van der Waals surface area (Å²) < 4.78 is 0. The van der Waals surface area contributed by atoms with Crippen LogP contribution in [0.2, 0.25) is 5.02 Å². The first-order valence-corrected chi connectivity index (χ1v) is 7.37. The van der Waals surface area contributed by atoms with Crippen molar-refractivity contribution in [3.63, 3.8) is 0 Å². The van der Waals surface area contributed by atoms with E-state index in [0.29, 0.717) is 11.1 Å². The first-order chi connectivity index (χ1) is 9.61. The number of nitro groups is 1. The highest BCUT2D eigenvalue weighted by Crippen LogP contribution is 2.25. The minimum absolute atomic E-state index is 0.0427. The zero-order chi connectivity index (χ0) is 14.5. The number of non-ortho nitro benzene ring substituents is 1. The Kier molecular flexibility index (Phi) is 5.34. The number of nitrogens with one attached hydrogen (secondary N) is 1. The number of piperidine rings is 1. The first-order valence-electron chi connectivity index (χ1n) is 6.99. The number of nitrogens with zero attached hydrogens (tertiary/aromatic N) is 2. The monoisotopic (exact) mass is 297 g/mol. The van der Waals surface area contributed by atoms with Crippen molar-refractivity contribution in [1.29, 1.82) is 0 Å². The number of hydrogen-bond donors (Lipinski definition) is 1. The number of rotatable bonds is 5. The van der Waals surface area contributed by atoms with Gasteiger partial charge in [0.25, 0.3) is 5.69 Å². The van der Waals surface area contributed by atoms with Gasteiger partial charge < -0.3 is 5.32 Å². The number of hydrogen-bond acceptors (Lipinski definition) is 4. The first kappa shape index (κ1) is 15.2. The zero-order valence-corrected chi connectivity index (χ0v) is 12.4. The molecule has 1 aliphatic heterocycles. The molecule has 0 saturated carbocycles. The molecule has 20 heavy (non-hydrogen) atoms. The smallest absolute Gasteiger partial charge is 0.270 e. The highest BCUT2D eigenvalue weighted by Gasteiger charge is 2.21. The Balaban J connectivity index is 2.08. The lowest BCUT2D eigenvalue weighted by Crippen LogP contribution is -2.45. The van der Waals surface area contributed by atoms with Gasteiger partial charge in [-0.05, 0) is 37.6 Å². The predicted octanol–water partition coefficient (Wildman–Crippen LogP) is 2.82. The lowest BCUT2D eigenvalue weighted by Gasteiger charge is -2.34. The molecule has 5 nitrogen and oxygen atoms in total. The van der Waals surface area contributed by atoms with Gasteiger partial charge in [-0.1, -0.05) is 18.5 Å². The molecule has 1 fully saturated rings. The normalized spacial score (nSPS) is 19.2. The van der Waals surface area contributed by atoms with Crippen LogP contribution in [0.1, 0.15) is 25.3 Å². The van der Waals surface area contributed by atoms with Crippen LogP contribution >= 0.6 is 11.6 Å². The Labute approximate surface area is 124 Å². The van der Waals surface area contributed by atoms with E-state index in [1.165, 1.54) is 25.0 Å². The van der Waals surface area contributed by atoms with Crippen LogP contribution in [0.15, 0.2) is 18.2 Å². The van der Waals surface area contributed by atoms with Crippen LogP contribution in [0.4, 0.5) is 5.69 Å². The van der Waals surface area contributed by atoms with Crippen molar-refractivity contribution in [2.24, 2.45) is 0 Å². The number of nitro benzene ring substituents is 1. The van der Waals surface area contributed by atoms with E-state index in [9.17, 15) is 10.1 Å². The second-order valence-electron chi connectivity index (χ2n) is 5.10. The van der Waals surface area contributed by atoms with E-state index in [-0.39, 0.29) is 5.69 Å². The van der Waals surface area contributed by atoms with E-state index in [2.05, 4.69) is 17.1 Å². The quantitative estimate of drug-likeness (QED) is 0.671. The van der Waals surface area contributed by atoms with Crippen LogP contribution in [-0.2, 0) is 6.54 Å². The second-order valence-corrected chi connectivity index (χ2v) is 5.50. The van der Waals surface area contributed by atoms with Crippen LogP contribution in [-0.4, -0.2) is 35.5 Å². The van der Waals surface area contributed by atoms with Gasteiger partial charge in [0.1, 0.15) is 0 Å². The Bertz CT molecular complexity index is 475. The van der Waals surface area contributed by atoms with E-state index < -0.39 is 4.92 Å². The summed E-state index contributed by atoms with van der Waals surface area (Å²) in [7, 11) is 0. The SMILES string of the molecule is CCN(Cc1ccc([N+](=O)[O-])cc1Cl)C1CCCNC1. The van der Waals surface area contributed by atoms with Crippen molar-refractivity contribution in [2.75, 3.05) is 19.6 Å². The molecule has 1 aromatic carbocycles. The molecule has 1 unspecified atom stereocenters. The topological polar surface area (TPSA) is 58.4 Å². The Hall–Kier alpha value is -1.17.